The van der Waals surface area contributed by atoms with Crippen molar-refractivity contribution < 1.29 is 14.3 Å². The maximum Gasteiger partial charge on any atom is 0.338 e. The van der Waals surface area contributed by atoms with Crippen molar-refractivity contribution in [3.63, 3.8) is 0 Å². The number of rotatable bonds is 4. The number of carboxylic acid groups (broad SMARTS) is 1. The molecule has 0 amide bonds. The number of carboxylic acids is 1. The maximum atomic E-state index is 11.3. The van der Waals surface area contributed by atoms with E-state index in [4.69, 9.17) is 4.42 Å². The van der Waals surface area contributed by atoms with Crippen LogP contribution in [0.15, 0.2) is 27.8 Å². The van der Waals surface area contributed by atoms with Gasteiger partial charge in [0.1, 0.15) is 10.8 Å². The minimum atomic E-state index is -0.979. The van der Waals surface area contributed by atoms with Crippen LogP contribution in [-0.4, -0.2) is 21.3 Å². The van der Waals surface area contributed by atoms with E-state index < -0.39 is 5.97 Å². The molecule has 5 nitrogen and oxygen atoms in total. The van der Waals surface area contributed by atoms with Crippen molar-refractivity contribution >= 4 is 17.7 Å². The molecular weight excluding hydrogens is 252 g/mol. The van der Waals surface area contributed by atoms with Gasteiger partial charge in [-0.3, -0.25) is 0 Å². The molecule has 0 fully saturated rings. The maximum absolute atomic E-state index is 11.3. The van der Waals surface area contributed by atoms with Gasteiger partial charge in [0.2, 0.25) is 0 Å². The van der Waals surface area contributed by atoms with E-state index in [9.17, 15) is 9.90 Å². The fourth-order valence-electron chi connectivity index (χ4n) is 1.47. The summed E-state index contributed by atoms with van der Waals surface area (Å²) in [7, 11) is 0. The van der Waals surface area contributed by atoms with E-state index >= 15 is 0 Å². The molecule has 0 unspecified atom stereocenters. The normalized spacial score (nSPS) is 10.6. The van der Waals surface area contributed by atoms with E-state index in [2.05, 4.69) is 10.2 Å². The third kappa shape index (κ3) is 2.53. The predicted molar refractivity (Wildman–Crippen MR) is 66.7 cm³/mol. The fraction of sp³-hybridized carbons (Fsp3) is 0.250. The first-order valence-corrected chi connectivity index (χ1v) is 6.30. The topological polar surface area (TPSA) is 76.2 Å². The van der Waals surface area contributed by atoms with Gasteiger partial charge in [-0.2, -0.15) is 5.10 Å². The van der Waals surface area contributed by atoms with Crippen LogP contribution in [0.1, 0.15) is 27.4 Å². The molecule has 0 bridgehead atoms. The highest BCUT2D eigenvalue weighted by Crippen LogP contribution is 2.26. The van der Waals surface area contributed by atoms with Crippen molar-refractivity contribution in [1.29, 1.82) is 0 Å². The lowest BCUT2D eigenvalue weighted by molar-refractivity contribution is 0.0690. The number of aromatic carboxylic acids is 1. The molecule has 94 valence electrons. The Balaban J connectivity index is 2.27. The number of aryl methyl sites for hydroxylation is 1. The van der Waals surface area contributed by atoms with Crippen molar-refractivity contribution in [3.05, 3.63) is 41.0 Å². The van der Waals surface area contributed by atoms with Crippen molar-refractivity contribution in [1.82, 2.24) is 10.2 Å². The Bertz CT molecular complexity index is 567. The van der Waals surface area contributed by atoms with Crippen LogP contribution in [0.25, 0.3) is 0 Å². The number of aromatic nitrogens is 2. The van der Waals surface area contributed by atoms with Gasteiger partial charge in [0, 0.05) is 0 Å². The van der Waals surface area contributed by atoms with Crippen LogP contribution >= 0.6 is 11.8 Å². The molecule has 0 aromatic carbocycles. The van der Waals surface area contributed by atoms with Gasteiger partial charge in [-0.1, -0.05) is 11.8 Å². The first-order valence-electron chi connectivity index (χ1n) is 5.32. The number of thioether (sulfide) groups is 1. The van der Waals surface area contributed by atoms with Crippen LogP contribution in [0.4, 0.5) is 0 Å². The highest BCUT2D eigenvalue weighted by atomic mass is 32.2. The van der Waals surface area contributed by atoms with Gasteiger partial charge in [-0.05, 0) is 31.5 Å². The fourth-order valence-corrected chi connectivity index (χ4v) is 2.40. The molecule has 2 aromatic heterocycles. The van der Waals surface area contributed by atoms with Crippen molar-refractivity contribution in [3.8, 4) is 0 Å². The Hall–Kier alpha value is -1.82. The molecule has 0 saturated carbocycles. The van der Waals surface area contributed by atoms with Gasteiger partial charge in [-0.25, -0.2) is 4.79 Å². The Kier molecular flexibility index (Phi) is 3.66. The summed E-state index contributed by atoms with van der Waals surface area (Å²) in [6.45, 7) is 3.49. The summed E-state index contributed by atoms with van der Waals surface area (Å²) in [4.78, 5) is 11.3. The van der Waals surface area contributed by atoms with E-state index in [0.29, 0.717) is 22.0 Å². The Morgan fingerprint density at radius 1 is 1.44 bits per heavy atom. The molecule has 6 heteroatoms. The zero-order valence-electron chi connectivity index (χ0n) is 10.0. The first kappa shape index (κ1) is 12.6. The SMILES string of the molecule is Cc1nnc(SCc2ccco2)c(C(=O)O)c1C. The summed E-state index contributed by atoms with van der Waals surface area (Å²) in [5.74, 6) is 0.327. The van der Waals surface area contributed by atoms with Crippen LogP contribution < -0.4 is 0 Å². The second kappa shape index (κ2) is 5.22. The zero-order valence-corrected chi connectivity index (χ0v) is 10.8. The summed E-state index contributed by atoms with van der Waals surface area (Å²) >= 11 is 1.31. The average Bonchev–Trinajstić information content (AvgIpc) is 2.83. The Labute approximate surface area is 108 Å². The largest absolute Gasteiger partial charge is 0.478 e. The van der Waals surface area contributed by atoms with Gasteiger partial charge in [0.25, 0.3) is 0 Å². The molecule has 0 aliphatic heterocycles. The summed E-state index contributed by atoms with van der Waals surface area (Å²) in [6.07, 6.45) is 1.58. The molecule has 0 saturated heterocycles. The summed E-state index contributed by atoms with van der Waals surface area (Å²) < 4.78 is 5.19. The molecule has 0 spiro atoms. The number of nitrogens with zero attached hydrogens (tertiary/aromatic N) is 2. The third-order valence-corrected chi connectivity index (χ3v) is 3.56. The van der Waals surface area contributed by atoms with Gasteiger partial charge in [0.05, 0.1) is 23.3 Å². The van der Waals surface area contributed by atoms with Crippen molar-refractivity contribution in [2.45, 2.75) is 24.6 Å². The van der Waals surface area contributed by atoms with E-state index in [1.54, 1.807) is 26.2 Å². The lowest BCUT2D eigenvalue weighted by Gasteiger charge is -2.07. The minimum absolute atomic E-state index is 0.221. The molecule has 2 heterocycles. The van der Waals surface area contributed by atoms with Crippen LogP contribution in [0.2, 0.25) is 0 Å². The minimum Gasteiger partial charge on any atom is -0.478 e. The lowest BCUT2D eigenvalue weighted by atomic mass is 10.1. The quantitative estimate of drug-likeness (QED) is 0.855. The number of furan rings is 1. The smallest absolute Gasteiger partial charge is 0.338 e. The molecule has 0 radical (unpaired) electrons. The van der Waals surface area contributed by atoms with Gasteiger partial charge < -0.3 is 9.52 Å². The Morgan fingerprint density at radius 3 is 2.83 bits per heavy atom. The van der Waals surface area contributed by atoms with E-state index in [1.807, 2.05) is 6.07 Å². The van der Waals surface area contributed by atoms with Crippen LogP contribution in [0, 0.1) is 13.8 Å². The lowest BCUT2D eigenvalue weighted by Crippen LogP contribution is -2.08. The Morgan fingerprint density at radius 2 is 2.22 bits per heavy atom. The zero-order chi connectivity index (χ0) is 13.1. The highest BCUT2D eigenvalue weighted by Gasteiger charge is 2.18. The van der Waals surface area contributed by atoms with E-state index in [-0.39, 0.29) is 5.56 Å². The molecule has 0 aliphatic carbocycles. The molecule has 1 N–H and O–H groups in total. The molecule has 18 heavy (non-hydrogen) atoms. The molecule has 0 aliphatic rings. The monoisotopic (exact) mass is 264 g/mol. The number of carbonyl (C=O) groups is 1. The second-order valence-electron chi connectivity index (χ2n) is 3.76. The van der Waals surface area contributed by atoms with Crippen LogP contribution in [-0.2, 0) is 5.75 Å². The third-order valence-electron chi connectivity index (χ3n) is 2.57. The van der Waals surface area contributed by atoms with Gasteiger partial charge in [-0.15, -0.1) is 5.10 Å². The summed E-state index contributed by atoms with van der Waals surface area (Å²) in [6, 6.07) is 3.63. The first-order chi connectivity index (χ1) is 8.59. The molecular formula is C12H12N2O3S. The van der Waals surface area contributed by atoms with Crippen LogP contribution in [0.3, 0.4) is 0 Å². The molecule has 0 atom stereocenters. The number of hydrogen-bond acceptors (Lipinski definition) is 5. The summed E-state index contributed by atoms with van der Waals surface area (Å²) in [5, 5.41) is 17.5. The van der Waals surface area contributed by atoms with Crippen molar-refractivity contribution in [2.24, 2.45) is 0 Å². The van der Waals surface area contributed by atoms with E-state index in [1.165, 1.54) is 11.8 Å². The number of hydrogen-bond donors (Lipinski definition) is 1. The highest BCUT2D eigenvalue weighted by molar-refractivity contribution is 7.98. The van der Waals surface area contributed by atoms with Gasteiger partial charge >= 0.3 is 5.97 Å². The van der Waals surface area contributed by atoms with Crippen LogP contribution in [0.5, 0.6) is 0 Å². The van der Waals surface area contributed by atoms with E-state index in [0.717, 1.165) is 5.76 Å². The second-order valence-corrected chi connectivity index (χ2v) is 4.73. The standard InChI is InChI=1S/C12H12N2O3S/c1-7-8(2)13-14-11(10(7)12(15)16)18-6-9-4-3-5-17-9/h3-5H,6H2,1-2H3,(H,15,16). The predicted octanol–water partition coefficient (Wildman–Crippen LogP) is 2.68. The van der Waals surface area contributed by atoms with Crippen molar-refractivity contribution in [2.75, 3.05) is 0 Å². The molecule has 2 rings (SSSR count). The van der Waals surface area contributed by atoms with Gasteiger partial charge in [0.15, 0.2) is 0 Å². The molecule has 2 aromatic rings. The summed E-state index contributed by atoms with van der Waals surface area (Å²) in [5.41, 5.74) is 1.51. The average molecular weight is 264 g/mol.